The van der Waals surface area contributed by atoms with Gasteiger partial charge in [0.15, 0.2) is 12.4 Å². The second-order valence-corrected chi connectivity index (χ2v) is 5.45. The second-order valence-electron chi connectivity index (χ2n) is 5.45. The van der Waals surface area contributed by atoms with Crippen LogP contribution >= 0.6 is 0 Å². The Morgan fingerprint density at radius 3 is 2.62 bits per heavy atom. The number of hydrogen-bond donors (Lipinski definition) is 2. The number of amides is 2. The number of rotatable bonds is 6. The van der Waals surface area contributed by atoms with Gasteiger partial charge in [-0.15, -0.1) is 0 Å². The largest absolute Gasteiger partial charge is 0.484 e. The molecule has 0 fully saturated rings. The standard InChI is InChI=1S/C18H16N4O4/c1-11-20-18(26-22-11)13-3-2-4-15(9-13)25-10-16(23)21-14-7-5-12(6-8-14)17(19)24/h2-9H,10H2,1H3,(H2,19,24)(H,21,23). The van der Waals surface area contributed by atoms with Crippen molar-refractivity contribution in [1.29, 1.82) is 0 Å². The predicted molar refractivity (Wildman–Crippen MR) is 93.6 cm³/mol. The third-order valence-corrected chi connectivity index (χ3v) is 3.43. The molecule has 8 heteroatoms. The van der Waals surface area contributed by atoms with Gasteiger partial charge in [0.1, 0.15) is 5.75 Å². The molecule has 0 aliphatic heterocycles. The third-order valence-electron chi connectivity index (χ3n) is 3.43. The summed E-state index contributed by atoms with van der Waals surface area (Å²) in [5.41, 5.74) is 6.78. The van der Waals surface area contributed by atoms with Crippen LogP contribution in [0.4, 0.5) is 5.69 Å². The van der Waals surface area contributed by atoms with E-state index in [0.29, 0.717) is 34.3 Å². The molecule has 132 valence electrons. The Hall–Kier alpha value is -3.68. The van der Waals surface area contributed by atoms with Crippen molar-refractivity contribution in [1.82, 2.24) is 10.1 Å². The second kappa shape index (κ2) is 7.47. The van der Waals surface area contributed by atoms with Crippen LogP contribution in [-0.2, 0) is 4.79 Å². The van der Waals surface area contributed by atoms with E-state index >= 15 is 0 Å². The molecule has 0 atom stereocenters. The summed E-state index contributed by atoms with van der Waals surface area (Å²) < 4.78 is 10.6. The lowest BCUT2D eigenvalue weighted by atomic mass is 10.2. The van der Waals surface area contributed by atoms with Crippen LogP contribution in [0.15, 0.2) is 53.1 Å². The average molecular weight is 352 g/mol. The molecule has 0 aliphatic carbocycles. The first-order valence-corrected chi connectivity index (χ1v) is 7.74. The summed E-state index contributed by atoms with van der Waals surface area (Å²) >= 11 is 0. The monoisotopic (exact) mass is 352 g/mol. The van der Waals surface area contributed by atoms with Gasteiger partial charge in [-0.05, 0) is 49.4 Å². The third kappa shape index (κ3) is 4.23. The van der Waals surface area contributed by atoms with Crippen LogP contribution in [0.1, 0.15) is 16.2 Å². The highest BCUT2D eigenvalue weighted by atomic mass is 16.5. The van der Waals surface area contributed by atoms with E-state index in [9.17, 15) is 9.59 Å². The van der Waals surface area contributed by atoms with Crippen LogP contribution in [0.5, 0.6) is 5.75 Å². The highest BCUT2D eigenvalue weighted by Crippen LogP contribution is 2.22. The van der Waals surface area contributed by atoms with E-state index in [1.165, 1.54) is 12.1 Å². The first-order chi connectivity index (χ1) is 12.5. The number of nitrogens with one attached hydrogen (secondary N) is 1. The summed E-state index contributed by atoms with van der Waals surface area (Å²) in [4.78, 5) is 27.2. The number of ether oxygens (including phenoxy) is 1. The van der Waals surface area contributed by atoms with E-state index in [0.717, 1.165) is 0 Å². The molecule has 8 nitrogen and oxygen atoms in total. The van der Waals surface area contributed by atoms with Crippen LogP contribution in [0.3, 0.4) is 0 Å². The quantitative estimate of drug-likeness (QED) is 0.701. The van der Waals surface area contributed by atoms with Crippen LogP contribution in [0.25, 0.3) is 11.5 Å². The van der Waals surface area contributed by atoms with Crippen molar-refractivity contribution < 1.29 is 18.8 Å². The Labute approximate surface area is 149 Å². The van der Waals surface area contributed by atoms with Crippen LogP contribution < -0.4 is 15.8 Å². The van der Waals surface area contributed by atoms with Crippen LogP contribution in [-0.4, -0.2) is 28.6 Å². The van der Waals surface area contributed by atoms with E-state index in [2.05, 4.69) is 15.5 Å². The zero-order chi connectivity index (χ0) is 18.5. The van der Waals surface area contributed by atoms with Gasteiger partial charge in [0, 0.05) is 16.8 Å². The van der Waals surface area contributed by atoms with Gasteiger partial charge in [0.05, 0.1) is 0 Å². The molecule has 3 N–H and O–H groups in total. The van der Waals surface area contributed by atoms with E-state index in [1.807, 2.05) is 0 Å². The summed E-state index contributed by atoms with van der Waals surface area (Å²) in [5, 5.41) is 6.41. The maximum Gasteiger partial charge on any atom is 0.262 e. The molecule has 0 spiro atoms. The lowest BCUT2D eigenvalue weighted by Crippen LogP contribution is -2.20. The summed E-state index contributed by atoms with van der Waals surface area (Å²) in [6.07, 6.45) is 0. The molecule has 26 heavy (non-hydrogen) atoms. The van der Waals surface area contributed by atoms with Crippen molar-refractivity contribution in [2.24, 2.45) is 5.73 Å². The van der Waals surface area contributed by atoms with Crippen LogP contribution in [0, 0.1) is 6.92 Å². The van der Waals surface area contributed by atoms with Gasteiger partial charge < -0.3 is 20.3 Å². The fourth-order valence-corrected chi connectivity index (χ4v) is 2.20. The Kier molecular flexibility index (Phi) is 4.93. The lowest BCUT2D eigenvalue weighted by molar-refractivity contribution is -0.118. The minimum Gasteiger partial charge on any atom is -0.484 e. The van der Waals surface area contributed by atoms with E-state index in [4.69, 9.17) is 15.0 Å². The van der Waals surface area contributed by atoms with Crippen molar-refractivity contribution in [3.05, 3.63) is 59.9 Å². The molecule has 1 heterocycles. The van der Waals surface area contributed by atoms with Crippen molar-refractivity contribution >= 4 is 17.5 Å². The smallest absolute Gasteiger partial charge is 0.262 e. The Morgan fingerprint density at radius 1 is 1.19 bits per heavy atom. The highest BCUT2D eigenvalue weighted by molar-refractivity contribution is 5.95. The number of carbonyl (C=O) groups excluding carboxylic acids is 2. The van der Waals surface area contributed by atoms with Crippen molar-refractivity contribution in [2.45, 2.75) is 6.92 Å². The van der Waals surface area contributed by atoms with E-state index in [-0.39, 0.29) is 12.5 Å². The molecule has 0 saturated carbocycles. The average Bonchev–Trinajstić information content (AvgIpc) is 3.07. The summed E-state index contributed by atoms with van der Waals surface area (Å²) in [6.45, 7) is 1.55. The highest BCUT2D eigenvalue weighted by Gasteiger charge is 2.09. The van der Waals surface area contributed by atoms with Gasteiger partial charge in [-0.2, -0.15) is 4.98 Å². The van der Waals surface area contributed by atoms with Gasteiger partial charge in [-0.1, -0.05) is 11.2 Å². The molecule has 2 amide bonds. The Morgan fingerprint density at radius 2 is 1.96 bits per heavy atom. The minimum absolute atomic E-state index is 0.177. The first kappa shape index (κ1) is 17.2. The molecular formula is C18H16N4O4. The molecule has 1 aromatic heterocycles. The predicted octanol–water partition coefficient (Wildman–Crippen LogP) is 2.16. The lowest BCUT2D eigenvalue weighted by Gasteiger charge is -2.08. The van der Waals surface area contributed by atoms with Crippen molar-refractivity contribution in [3.63, 3.8) is 0 Å². The van der Waals surface area contributed by atoms with Gasteiger partial charge in [0.2, 0.25) is 5.91 Å². The maximum absolute atomic E-state index is 12.0. The van der Waals surface area contributed by atoms with Gasteiger partial charge in [0.25, 0.3) is 11.8 Å². The van der Waals surface area contributed by atoms with Crippen molar-refractivity contribution in [2.75, 3.05) is 11.9 Å². The molecule has 0 unspecified atom stereocenters. The normalized spacial score (nSPS) is 10.3. The number of benzene rings is 2. The van der Waals surface area contributed by atoms with Gasteiger partial charge >= 0.3 is 0 Å². The SMILES string of the molecule is Cc1noc(-c2cccc(OCC(=O)Nc3ccc(C(N)=O)cc3)c2)n1. The topological polar surface area (TPSA) is 120 Å². The first-order valence-electron chi connectivity index (χ1n) is 7.74. The number of hydrogen-bond acceptors (Lipinski definition) is 6. The number of primary amides is 1. The zero-order valence-corrected chi connectivity index (χ0v) is 13.9. The number of nitrogens with two attached hydrogens (primary N) is 1. The minimum atomic E-state index is -0.525. The molecule has 0 aliphatic rings. The van der Waals surface area contributed by atoms with Gasteiger partial charge in [-0.25, -0.2) is 0 Å². The molecule has 2 aromatic carbocycles. The number of aryl methyl sites for hydroxylation is 1. The number of aromatic nitrogens is 2. The summed E-state index contributed by atoms with van der Waals surface area (Å²) in [6, 6.07) is 13.3. The van der Waals surface area contributed by atoms with Crippen LogP contribution in [0.2, 0.25) is 0 Å². The fraction of sp³-hybridized carbons (Fsp3) is 0.111. The number of nitrogens with zero attached hydrogens (tertiary/aromatic N) is 2. The Balaban J connectivity index is 1.58. The summed E-state index contributed by atoms with van der Waals surface area (Å²) in [5.74, 6) is 0.552. The number of anilines is 1. The molecule has 0 bridgehead atoms. The molecule has 3 aromatic rings. The maximum atomic E-state index is 12.0. The number of carbonyl (C=O) groups is 2. The van der Waals surface area contributed by atoms with Crippen molar-refractivity contribution in [3.8, 4) is 17.2 Å². The van der Waals surface area contributed by atoms with E-state index < -0.39 is 5.91 Å². The Bertz CT molecular complexity index is 934. The zero-order valence-electron chi connectivity index (χ0n) is 13.9. The van der Waals surface area contributed by atoms with E-state index in [1.54, 1.807) is 43.3 Å². The molecule has 0 saturated heterocycles. The molecular weight excluding hydrogens is 336 g/mol. The summed E-state index contributed by atoms with van der Waals surface area (Å²) in [7, 11) is 0. The molecule has 3 rings (SSSR count). The fourth-order valence-electron chi connectivity index (χ4n) is 2.20. The molecule has 0 radical (unpaired) electrons. The van der Waals surface area contributed by atoms with Gasteiger partial charge in [-0.3, -0.25) is 9.59 Å².